The van der Waals surface area contributed by atoms with Gasteiger partial charge in [-0.05, 0) is 61.6 Å². The highest BCUT2D eigenvalue weighted by Crippen LogP contribution is 2.24. The van der Waals surface area contributed by atoms with E-state index in [9.17, 15) is 9.18 Å². The Balaban J connectivity index is 1.70. The van der Waals surface area contributed by atoms with Crippen LogP contribution in [-0.2, 0) is 19.3 Å². The van der Waals surface area contributed by atoms with E-state index in [4.69, 9.17) is 4.99 Å². The Kier molecular flexibility index (Phi) is 4.99. The quantitative estimate of drug-likeness (QED) is 0.665. The van der Waals surface area contributed by atoms with Gasteiger partial charge in [0.2, 0.25) is 0 Å². The molecule has 0 saturated carbocycles. The molecule has 1 aliphatic carbocycles. The molecule has 4 nitrogen and oxygen atoms in total. The van der Waals surface area contributed by atoms with Crippen LogP contribution >= 0.6 is 0 Å². The molecule has 2 aromatic carbocycles. The standard InChI is InChI=1S/C23H24FN3O/c1-3-6-21-22(23(28)27(26-21)20-11-9-18(24)10-12-20)15(2)25-19-13-16-7-4-5-8-17(16)14-19/h4-5,7-12,19,26H,3,6,13-14H2,1-2H3. The summed E-state index contributed by atoms with van der Waals surface area (Å²) in [6.07, 6.45) is 3.50. The van der Waals surface area contributed by atoms with Crippen molar-refractivity contribution in [1.29, 1.82) is 0 Å². The van der Waals surface area contributed by atoms with Crippen LogP contribution in [0.1, 0.15) is 42.7 Å². The topological polar surface area (TPSA) is 50.1 Å². The summed E-state index contributed by atoms with van der Waals surface area (Å²) in [6, 6.07) is 14.5. The fourth-order valence-electron chi connectivity index (χ4n) is 4.02. The highest BCUT2D eigenvalue weighted by Gasteiger charge is 2.23. The minimum Gasteiger partial charge on any atom is -0.294 e. The Morgan fingerprint density at radius 1 is 1.14 bits per heavy atom. The Bertz CT molecular complexity index is 1050. The molecule has 1 aliphatic rings. The van der Waals surface area contributed by atoms with E-state index < -0.39 is 0 Å². The predicted molar refractivity (Wildman–Crippen MR) is 110 cm³/mol. The number of aromatic amines is 1. The highest BCUT2D eigenvalue weighted by atomic mass is 19.1. The molecule has 0 unspecified atom stereocenters. The molecule has 28 heavy (non-hydrogen) atoms. The number of H-pyrrole nitrogens is 1. The Morgan fingerprint density at radius 3 is 2.39 bits per heavy atom. The Labute approximate surface area is 163 Å². The zero-order valence-electron chi connectivity index (χ0n) is 16.2. The van der Waals surface area contributed by atoms with Crippen molar-refractivity contribution in [3.05, 3.63) is 87.1 Å². The van der Waals surface area contributed by atoms with Gasteiger partial charge in [0.15, 0.2) is 0 Å². The van der Waals surface area contributed by atoms with Gasteiger partial charge in [-0.3, -0.25) is 14.9 Å². The van der Waals surface area contributed by atoms with Gasteiger partial charge in [0.25, 0.3) is 5.56 Å². The summed E-state index contributed by atoms with van der Waals surface area (Å²) in [5.41, 5.74) is 5.47. The van der Waals surface area contributed by atoms with Crippen LogP contribution in [0, 0.1) is 5.82 Å². The van der Waals surface area contributed by atoms with Crippen LogP contribution in [0.25, 0.3) is 5.69 Å². The minimum absolute atomic E-state index is 0.133. The second kappa shape index (κ2) is 7.58. The second-order valence-electron chi connectivity index (χ2n) is 7.38. The lowest BCUT2D eigenvalue weighted by Crippen LogP contribution is -2.21. The first kappa shape index (κ1) is 18.4. The summed E-state index contributed by atoms with van der Waals surface area (Å²) in [7, 11) is 0. The highest BCUT2D eigenvalue weighted by molar-refractivity contribution is 5.99. The maximum Gasteiger partial charge on any atom is 0.280 e. The molecule has 0 amide bonds. The lowest BCUT2D eigenvalue weighted by Gasteiger charge is -2.06. The number of aryl methyl sites for hydroxylation is 1. The van der Waals surface area contributed by atoms with Crippen molar-refractivity contribution in [1.82, 2.24) is 9.78 Å². The molecule has 1 aromatic heterocycles. The number of aliphatic imine (C=N–C) groups is 1. The average Bonchev–Trinajstić information content (AvgIpc) is 3.23. The smallest absolute Gasteiger partial charge is 0.280 e. The van der Waals surface area contributed by atoms with Crippen LogP contribution in [0.2, 0.25) is 0 Å². The number of hydrogen-bond donors (Lipinski definition) is 1. The molecule has 4 rings (SSSR count). The van der Waals surface area contributed by atoms with Crippen LogP contribution in [0.5, 0.6) is 0 Å². The average molecular weight is 377 g/mol. The SMILES string of the molecule is CCCc1[nH]n(-c2ccc(F)cc2)c(=O)c1C(C)=NC1Cc2ccccc2C1. The van der Waals surface area contributed by atoms with Gasteiger partial charge in [0, 0.05) is 11.4 Å². The van der Waals surface area contributed by atoms with Gasteiger partial charge in [-0.2, -0.15) is 0 Å². The third-order valence-corrected chi connectivity index (χ3v) is 5.32. The van der Waals surface area contributed by atoms with Crippen LogP contribution in [0.15, 0.2) is 58.3 Å². The van der Waals surface area contributed by atoms with Crippen LogP contribution in [0.4, 0.5) is 4.39 Å². The van der Waals surface area contributed by atoms with Crippen LogP contribution < -0.4 is 5.56 Å². The monoisotopic (exact) mass is 377 g/mol. The second-order valence-corrected chi connectivity index (χ2v) is 7.38. The van der Waals surface area contributed by atoms with Gasteiger partial charge < -0.3 is 0 Å². The molecule has 0 saturated heterocycles. The van der Waals surface area contributed by atoms with Gasteiger partial charge in [-0.25, -0.2) is 9.07 Å². The third kappa shape index (κ3) is 3.44. The van der Waals surface area contributed by atoms with Crippen molar-refractivity contribution < 1.29 is 4.39 Å². The largest absolute Gasteiger partial charge is 0.294 e. The van der Waals surface area contributed by atoms with Crippen LogP contribution in [-0.4, -0.2) is 21.5 Å². The maximum absolute atomic E-state index is 13.3. The van der Waals surface area contributed by atoms with E-state index in [1.807, 2.05) is 6.92 Å². The zero-order valence-corrected chi connectivity index (χ0v) is 16.2. The van der Waals surface area contributed by atoms with E-state index in [1.54, 1.807) is 12.1 Å². The van der Waals surface area contributed by atoms with E-state index in [2.05, 4.69) is 36.3 Å². The Hall–Kier alpha value is -2.95. The molecule has 0 spiro atoms. The number of fused-ring (bicyclic) bond motifs is 1. The normalized spacial score (nSPS) is 14.5. The number of halogens is 1. The van der Waals surface area contributed by atoms with Gasteiger partial charge in [-0.1, -0.05) is 37.6 Å². The molecule has 0 radical (unpaired) electrons. The first-order valence-corrected chi connectivity index (χ1v) is 9.78. The number of nitrogens with zero attached hydrogens (tertiary/aromatic N) is 2. The van der Waals surface area contributed by atoms with E-state index in [-0.39, 0.29) is 17.4 Å². The molecule has 1 heterocycles. The number of hydrogen-bond acceptors (Lipinski definition) is 2. The summed E-state index contributed by atoms with van der Waals surface area (Å²) in [5, 5.41) is 3.21. The van der Waals surface area contributed by atoms with Crippen molar-refractivity contribution in [2.75, 3.05) is 0 Å². The number of nitrogens with one attached hydrogen (secondary N) is 1. The van der Waals surface area contributed by atoms with Gasteiger partial charge in [0.05, 0.1) is 17.3 Å². The number of aromatic nitrogens is 2. The zero-order chi connectivity index (χ0) is 19.7. The van der Waals surface area contributed by atoms with Crippen molar-refractivity contribution >= 4 is 5.71 Å². The molecular weight excluding hydrogens is 353 g/mol. The molecule has 3 aromatic rings. The molecule has 0 atom stereocenters. The van der Waals surface area contributed by atoms with E-state index in [0.717, 1.165) is 37.1 Å². The summed E-state index contributed by atoms with van der Waals surface area (Å²) >= 11 is 0. The number of benzene rings is 2. The number of rotatable bonds is 5. The predicted octanol–water partition coefficient (Wildman–Crippen LogP) is 4.23. The molecule has 144 valence electrons. The summed E-state index contributed by atoms with van der Waals surface area (Å²) < 4.78 is 14.7. The molecule has 5 heteroatoms. The molecular formula is C23H24FN3O. The van der Waals surface area contributed by atoms with Crippen molar-refractivity contribution in [2.24, 2.45) is 4.99 Å². The summed E-state index contributed by atoms with van der Waals surface area (Å²) in [5.74, 6) is -0.323. The maximum atomic E-state index is 13.3. The fraction of sp³-hybridized carbons (Fsp3) is 0.304. The van der Waals surface area contributed by atoms with E-state index in [0.29, 0.717) is 11.3 Å². The molecule has 0 aliphatic heterocycles. The van der Waals surface area contributed by atoms with Crippen molar-refractivity contribution in [3.8, 4) is 5.69 Å². The Morgan fingerprint density at radius 2 is 1.79 bits per heavy atom. The lowest BCUT2D eigenvalue weighted by atomic mass is 10.1. The molecule has 1 N–H and O–H groups in total. The van der Waals surface area contributed by atoms with E-state index in [1.165, 1.54) is 27.9 Å². The first-order chi connectivity index (χ1) is 13.6. The lowest BCUT2D eigenvalue weighted by molar-refractivity contribution is 0.626. The van der Waals surface area contributed by atoms with Crippen molar-refractivity contribution in [3.63, 3.8) is 0 Å². The minimum atomic E-state index is -0.323. The summed E-state index contributed by atoms with van der Waals surface area (Å²) in [4.78, 5) is 18.0. The van der Waals surface area contributed by atoms with Gasteiger partial charge >= 0.3 is 0 Å². The van der Waals surface area contributed by atoms with Gasteiger partial charge in [-0.15, -0.1) is 0 Å². The molecule has 0 bridgehead atoms. The van der Waals surface area contributed by atoms with Crippen LogP contribution in [0.3, 0.4) is 0 Å². The van der Waals surface area contributed by atoms with Gasteiger partial charge in [0.1, 0.15) is 5.82 Å². The third-order valence-electron chi connectivity index (χ3n) is 5.32. The first-order valence-electron chi connectivity index (χ1n) is 9.78. The molecule has 0 fully saturated rings. The van der Waals surface area contributed by atoms with E-state index >= 15 is 0 Å². The summed E-state index contributed by atoms with van der Waals surface area (Å²) in [6.45, 7) is 4.00. The fourth-order valence-corrected chi connectivity index (χ4v) is 4.02. The van der Waals surface area contributed by atoms with Crippen molar-refractivity contribution in [2.45, 2.75) is 45.6 Å².